The van der Waals surface area contributed by atoms with Gasteiger partial charge in [-0.05, 0) is 36.8 Å². The fourth-order valence-electron chi connectivity index (χ4n) is 1.91. The third kappa shape index (κ3) is 3.67. The van der Waals surface area contributed by atoms with E-state index in [0.717, 1.165) is 0 Å². The Kier molecular flexibility index (Phi) is 5.09. The Morgan fingerprint density at radius 2 is 1.86 bits per heavy atom. The minimum atomic E-state index is -0.672. The zero-order valence-electron chi connectivity index (χ0n) is 11.0. The molecule has 0 unspecified atom stereocenters. The molecule has 0 radical (unpaired) electrons. The van der Waals surface area contributed by atoms with Gasteiger partial charge in [0, 0.05) is 10.0 Å². The van der Waals surface area contributed by atoms with Crippen molar-refractivity contribution in [2.24, 2.45) is 0 Å². The summed E-state index contributed by atoms with van der Waals surface area (Å²) < 4.78 is 13.7. The van der Waals surface area contributed by atoms with Gasteiger partial charge in [-0.25, -0.2) is 4.39 Å². The monoisotopic (exact) mass is 345 g/mol. The summed E-state index contributed by atoms with van der Waals surface area (Å²) in [5.74, 6) is -1.27. The lowest BCUT2D eigenvalue weighted by atomic mass is 10.1. The molecule has 0 saturated carbocycles. The minimum Gasteiger partial charge on any atom is -0.345 e. The Bertz CT molecular complexity index is 670. The van der Waals surface area contributed by atoms with E-state index in [2.05, 4.69) is 5.32 Å². The third-order valence-corrected chi connectivity index (χ3v) is 3.84. The van der Waals surface area contributed by atoms with Crippen LogP contribution in [0.4, 0.5) is 4.39 Å². The molecule has 0 aliphatic carbocycles. The summed E-state index contributed by atoms with van der Waals surface area (Å²) in [7, 11) is 0. The molecule has 2 aromatic carbocycles. The number of carbonyl (C=O) groups excluding carboxylic acids is 1. The maximum atomic E-state index is 13.7. The molecule has 0 aliphatic heterocycles. The molecule has 0 aliphatic rings. The van der Waals surface area contributed by atoms with Crippen molar-refractivity contribution in [1.29, 1.82) is 0 Å². The van der Waals surface area contributed by atoms with E-state index in [-0.39, 0.29) is 10.6 Å². The molecule has 6 heteroatoms. The van der Waals surface area contributed by atoms with Gasteiger partial charge in [-0.2, -0.15) is 0 Å². The summed E-state index contributed by atoms with van der Waals surface area (Å²) in [4.78, 5) is 12.1. The maximum Gasteiger partial charge on any atom is 0.256 e. The Labute approximate surface area is 136 Å². The number of hydrogen-bond donors (Lipinski definition) is 1. The van der Waals surface area contributed by atoms with Crippen LogP contribution in [0.3, 0.4) is 0 Å². The number of carbonyl (C=O) groups is 1. The molecule has 2 nitrogen and oxygen atoms in total. The van der Waals surface area contributed by atoms with E-state index in [1.54, 1.807) is 25.1 Å². The van der Waals surface area contributed by atoms with Crippen LogP contribution in [0, 0.1) is 5.82 Å². The molecular formula is C15H11Cl3FNO. The number of nitrogens with one attached hydrogen (secondary N) is 1. The highest BCUT2D eigenvalue weighted by Crippen LogP contribution is 2.27. The highest BCUT2D eigenvalue weighted by molar-refractivity contribution is 6.35. The highest BCUT2D eigenvalue weighted by atomic mass is 35.5. The van der Waals surface area contributed by atoms with Crippen LogP contribution in [-0.4, -0.2) is 5.91 Å². The van der Waals surface area contributed by atoms with E-state index in [9.17, 15) is 9.18 Å². The Hall–Kier alpha value is -1.29. The van der Waals surface area contributed by atoms with Crippen molar-refractivity contribution in [2.75, 3.05) is 0 Å². The largest absolute Gasteiger partial charge is 0.345 e. The Balaban J connectivity index is 2.23. The van der Waals surface area contributed by atoms with Crippen LogP contribution in [-0.2, 0) is 0 Å². The van der Waals surface area contributed by atoms with Gasteiger partial charge in [0.2, 0.25) is 0 Å². The highest BCUT2D eigenvalue weighted by Gasteiger charge is 2.19. The molecule has 2 rings (SSSR count). The fraction of sp³-hybridized carbons (Fsp3) is 0.133. The molecule has 0 saturated heterocycles. The number of rotatable bonds is 3. The number of amides is 1. The van der Waals surface area contributed by atoms with Gasteiger partial charge in [0.15, 0.2) is 0 Å². The number of benzene rings is 2. The van der Waals surface area contributed by atoms with Gasteiger partial charge >= 0.3 is 0 Å². The summed E-state index contributed by atoms with van der Waals surface area (Å²) in [6.07, 6.45) is 0. The van der Waals surface area contributed by atoms with Gasteiger partial charge in [-0.3, -0.25) is 4.79 Å². The van der Waals surface area contributed by atoms with Gasteiger partial charge in [0.25, 0.3) is 5.91 Å². The molecule has 1 atom stereocenters. The first-order valence-electron chi connectivity index (χ1n) is 6.10. The van der Waals surface area contributed by atoms with E-state index < -0.39 is 17.8 Å². The summed E-state index contributed by atoms with van der Waals surface area (Å²) in [6, 6.07) is 8.61. The first-order chi connectivity index (χ1) is 9.90. The summed E-state index contributed by atoms with van der Waals surface area (Å²) >= 11 is 17.8. The lowest BCUT2D eigenvalue weighted by molar-refractivity contribution is 0.0936. The maximum absolute atomic E-state index is 13.7. The van der Waals surface area contributed by atoms with Gasteiger partial charge in [0.05, 0.1) is 16.6 Å². The Morgan fingerprint density at radius 1 is 1.14 bits per heavy atom. The quantitative estimate of drug-likeness (QED) is 0.805. The average Bonchev–Trinajstić information content (AvgIpc) is 2.37. The van der Waals surface area contributed by atoms with E-state index in [1.807, 2.05) is 0 Å². The lowest BCUT2D eigenvalue weighted by Gasteiger charge is -2.16. The summed E-state index contributed by atoms with van der Waals surface area (Å²) in [5.41, 5.74) is 0.498. The normalized spacial score (nSPS) is 12.0. The molecule has 0 spiro atoms. The zero-order chi connectivity index (χ0) is 15.6. The van der Waals surface area contributed by atoms with Gasteiger partial charge < -0.3 is 5.32 Å². The molecule has 0 bridgehead atoms. The van der Waals surface area contributed by atoms with Crippen molar-refractivity contribution < 1.29 is 9.18 Å². The van der Waals surface area contributed by atoms with Crippen LogP contribution in [0.2, 0.25) is 15.1 Å². The molecule has 0 aromatic heterocycles. The molecule has 0 fully saturated rings. The van der Waals surface area contributed by atoms with Crippen LogP contribution >= 0.6 is 34.8 Å². The first-order valence-corrected chi connectivity index (χ1v) is 7.23. The molecule has 1 amide bonds. The van der Waals surface area contributed by atoms with E-state index in [4.69, 9.17) is 34.8 Å². The number of hydrogen-bond acceptors (Lipinski definition) is 1. The molecule has 110 valence electrons. The van der Waals surface area contributed by atoms with Crippen LogP contribution in [0.1, 0.15) is 28.9 Å². The zero-order valence-corrected chi connectivity index (χ0v) is 13.2. The molecule has 0 heterocycles. The van der Waals surface area contributed by atoms with Crippen molar-refractivity contribution in [3.8, 4) is 0 Å². The smallest absolute Gasteiger partial charge is 0.256 e. The van der Waals surface area contributed by atoms with Crippen LogP contribution in [0.15, 0.2) is 36.4 Å². The van der Waals surface area contributed by atoms with Crippen molar-refractivity contribution >= 4 is 40.7 Å². The van der Waals surface area contributed by atoms with Crippen molar-refractivity contribution in [3.05, 3.63) is 68.4 Å². The van der Waals surface area contributed by atoms with Crippen LogP contribution < -0.4 is 5.32 Å². The third-order valence-electron chi connectivity index (χ3n) is 2.97. The summed E-state index contributed by atoms with van der Waals surface area (Å²) in [5, 5.41) is 3.65. The molecule has 2 aromatic rings. The topological polar surface area (TPSA) is 29.1 Å². The molecular weight excluding hydrogens is 336 g/mol. The van der Waals surface area contributed by atoms with Gasteiger partial charge in [-0.15, -0.1) is 0 Å². The summed E-state index contributed by atoms with van der Waals surface area (Å²) in [6.45, 7) is 1.74. The SMILES string of the molecule is C[C@@H](NC(=O)c1c(F)cccc1Cl)c1ccc(Cl)cc1Cl. The minimum absolute atomic E-state index is 0.0573. The van der Waals surface area contributed by atoms with Crippen molar-refractivity contribution in [3.63, 3.8) is 0 Å². The molecule has 1 N–H and O–H groups in total. The second-order valence-corrected chi connectivity index (χ2v) is 5.71. The standard InChI is InChI=1S/C15H11Cl3FNO/c1-8(10-6-5-9(16)7-12(10)18)20-15(21)14-11(17)3-2-4-13(14)19/h2-8H,1H3,(H,20,21)/t8-/m1/s1. The van der Waals surface area contributed by atoms with Crippen LogP contribution in [0.25, 0.3) is 0 Å². The van der Waals surface area contributed by atoms with E-state index in [0.29, 0.717) is 15.6 Å². The van der Waals surface area contributed by atoms with Gasteiger partial charge in [0.1, 0.15) is 5.82 Å². The second-order valence-electron chi connectivity index (χ2n) is 4.46. The molecule has 21 heavy (non-hydrogen) atoms. The van der Waals surface area contributed by atoms with Gasteiger partial charge in [-0.1, -0.05) is 46.9 Å². The van der Waals surface area contributed by atoms with Crippen molar-refractivity contribution in [1.82, 2.24) is 5.32 Å². The Morgan fingerprint density at radius 3 is 2.48 bits per heavy atom. The second kappa shape index (κ2) is 6.65. The van der Waals surface area contributed by atoms with Crippen LogP contribution in [0.5, 0.6) is 0 Å². The predicted octanol–water partition coefficient (Wildman–Crippen LogP) is 5.28. The van der Waals surface area contributed by atoms with E-state index >= 15 is 0 Å². The van der Waals surface area contributed by atoms with E-state index in [1.165, 1.54) is 18.2 Å². The lowest BCUT2D eigenvalue weighted by Crippen LogP contribution is -2.28. The average molecular weight is 347 g/mol. The number of halogens is 4. The fourth-order valence-corrected chi connectivity index (χ4v) is 2.73. The van der Waals surface area contributed by atoms with Crippen molar-refractivity contribution in [2.45, 2.75) is 13.0 Å². The predicted molar refractivity (Wildman–Crippen MR) is 83.8 cm³/mol. The first kappa shape index (κ1) is 16.1.